The zero-order chi connectivity index (χ0) is 19.6. The molecule has 8 heteroatoms. The van der Waals surface area contributed by atoms with E-state index in [0.29, 0.717) is 17.1 Å². The molecule has 2 heterocycles. The lowest BCUT2D eigenvalue weighted by Crippen LogP contribution is -2.32. The third kappa shape index (κ3) is 4.19. The number of aryl methyl sites for hydroxylation is 2. The number of esters is 1. The summed E-state index contributed by atoms with van der Waals surface area (Å²) >= 11 is 6.24. The van der Waals surface area contributed by atoms with E-state index in [1.807, 2.05) is 32.0 Å². The number of nitrogens with zero attached hydrogens (tertiary/aromatic N) is 2. The second-order valence-corrected chi connectivity index (χ2v) is 6.84. The summed E-state index contributed by atoms with van der Waals surface area (Å²) < 4.78 is 5.26. The van der Waals surface area contributed by atoms with E-state index in [0.717, 1.165) is 26.9 Å². The minimum atomic E-state index is -0.423. The summed E-state index contributed by atoms with van der Waals surface area (Å²) in [6, 6.07) is 5.42. The molecule has 1 aromatic heterocycles. The van der Waals surface area contributed by atoms with E-state index >= 15 is 0 Å². The van der Waals surface area contributed by atoms with Gasteiger partial charge in [-0.25, -0.2) is 9.78 Å². The Morgan fingerprint density at radius 1 is 1.33 bits per heavy atom. The summed E-state index contributed by atoms with van der Waals surface area (Å²) in [7, 11) is 0. The van der Waals surface area contributed by atoms with Crippen molar-refractivity contribution >= 4 is 40.4 Å². The number of fused-ring (bicyclic) bond motifs is 1. The Balaban J connectivity index is 1.55. The van der Waals surface area contributed by atoms with Crippen LogP contribution < -0.4 is 5.32 Å². The van der Waals surface area contributed by atoms with Gasteiger partial charge in [-0.3, -0.25) is 14.5 Å². The second kappa shape index (κ2) is 7.92. The molecule has 1 N–H and O–H groups in total. The van der Waals surface area contributed by atoms with Crippen molar-refractivity contribution in [3.05, 3.63) is 40.0 Å². The lowest BCUT2D eigenvalue weighted by molar-refractivity contribution is -0.145. The van der Waals surface area contributed by atoms with Crippen LogP contribution in [-0.4, -0.2) is 40.9 Å². The first kappa shape index (κ1) is 19.1. The Bertz CT molecular complexity index is 913. The number of urea groups is 1. The maximum absolute atomic E-state index is 11.9. The van der Waals surface area contributed by atoms with Crippen molar-refractivity contribution < 1.29 is 19.1 Å². The number of ether oxygens (including phenoxy) is 1. The molecule has 0 aliphatic carbocycles. The molecule has 3 rings (SSSR count). The number of rotatable bonds is 6. The minimum Gasteiger partial charge on any atom is -0.461 e. The van der Waals surface area contributed by atoms with Crippen LogP contribution in [0.15, 0.2) is 18.2 Å². The molecule has 1 fully saturated rings. The highest BCUT2D eigenvalue weighted by Crippen LogP contribution is 2.25. The van der Waals surface area contributed by atoms with Crippen LogP contribution in [0, 0.1) is 13.8 Å². The van der Waals surface area contributed by atoms with Crippen molar-refractivity contribution in [2.75, 3.05) is 13.1 Å². The van der Waals surface area contributed by atoms with E-state index in [-0.39, 0.29) is 32.0 Å². The van der Waals surface area contributed by atoms with Gasteiger partial charge >= 0.3 is 12.0 Å². The van der Waals surface area contributed by atoms with Gasteiger partial charge in [-0.2, -0.15) is 0 Å². The van der Waals surface area contributed by atoms with Crippen LogP contribution >= 0.6 is 11.6 Å². The molecule has 142 valence electrons. The molecular formula is C19H20ClN3O4. The number of halogens is 1. The van der Waals surface area contributed by atoms with Crippen LogP contribution in [0.3, 0.4) is 0 Å². The molecule has 7 nitrogen and oxygen atoms in total. The fourth-order valence-corrected chi connectivity index (χ4v) is 3.09. The van der Waals surface area contributed by atoms with Gasteiger partial charge in [-0.1, -0.05) is 23.7 Å². The van der Waals surface area contributed by atoms with Gasteiger partial charge in [0.05, 0.1) is 12.1 Å². The first-order chi connectivity index (χ1) is 12.9. The number of carbonyl (C=O) groups excluding carboxylic acids is 3. The molecule has 1 aliphatic rings. The Kier molecular flexibility index (Phi) is 5.60. The Hall–Kier alpha value is -2.67. The molecule has 0 bridgehead atoms. The zero-order valence-corrected chi connectivity index (χ0v) is 15.9. The Morgan fingerprint density at radius 2 is 2.11 bits per heavy atom. The van der Waals surface area contributed by atoms with Crippen molar-refractivity contribution in [1.29, 1.82) is 0 Å². The van der Waals surface area contributed by atoms with Crippen LogP contribution in [0.4, 0.5) is 4.79 Å². The number of imide groups is 1. The van der Waals surface area contributed by atoms with Crippen LogP contribution in [0.1, 0.15) is 29.5 Å². The molecule has 2 aromatic rings. The van der Waals surface area contributed by atoms with Gasteiger partial charge in [0.25, 0.3) is 0 Å². The molecule has 3 amide bonds. The molecular weight excluding hydrogens is 370 g/mol. The van der Waals surface area contributed by atoms with Crippen molar-refractivity contribution in [2.24, 2.45) is 0 Å². The SMILES string of the molecule is Cc1ccc2cc(COC(=O)CCCN3C(=O)CNC3=O)c(Cl)nc2c1C. The van der Waals surface area contributed by atoms with E-state index in [9.17, 15) is 14.4 Å². The first-order valence-corrected chi connectivity index (χ1v) is 9.04. The van der Waals surface area contributed by atoms with Crippen molar-refractivity contribution in [3.8, 4) is 0 Å². The number of hydrogen-bond acceptors (Lipinski definition) is 5. The molecule has 0 spiro atoms. The van der Waals surface area contributed by atoms with Gasteiger partial charge in [0.15, 0.2) is 0 Å². The lowest BCUT2D eigenvalue weighted by Gasteiger charge is -2.12. The number of nitrogens with one attached hydrogen (secondary N) is 1. The van der Waals surface area contributed by atoms with Gasteiger partial charge in [0.1, 0.15) is 11.8 Å². The van der Waals surface area contributed by atoms with Crippen LogP contribution in [0.5, 0.6) is 0 Å². The number of carbonyl (C=O) groups is 3. The smallest absolute Gasteiger partial charge is 0.324 e. The number of pyridine rings is 1. The number of aromatic nitrogens is 1. The van der Waals surface area contributed by atoms with Gasteiger partial charge in [-0.05, 0) is 37.5 Å². The summed E-state index contributed by atoms with van der Waals surface area (Å²) in [5.41, 5.74) is 3.67. The fraction of sp³-hybridized carbons (Fsp3) is 0.368. The molecule has 0 radical (unpaired) electrons. The standard InChI is InChI=1S/C19H20ClN3O4/c1-11-5-6-13-8-14(18(20)22-17(13)12(11)2)10-27-16(25)4-3-7-23-15(24)9-21-19(23)26/h5-6,8H,3-4,7,9-10H2,1-2H3,(H,21,26). The molecule has 0 saturated carbocycles. The van der Waals surface area contributed by atoms with Crippen molar-refractivity contribution in [3.63, 3.8) is 0 Å². The highest BCUT2D eigenvalue weighted by atomic mass is 35.5. The van der Waals surface area contributed by atoms with Crippen LogP contribution in [0.2, 0.25) is 5.15 Å². The fourth-order valence-electron chi connectivity index (χ4n) is 2.90. The van der Waals surface area contributed by atoms with E-state index in [4.69, 9.17) is 16.3 Å². The largest absolute Gasteiger partial charge is 0.461 e. The molecule has 1 aliphatic heterocycles. The number of amides is 3. The highest BCUT2D eigenvalue weighted by Gasteiger charge is 2.27. The maximum Gasteiger partial charge on any atom is 0.324 e. The van der Waals surface area contributed by atoms with Gasteiger partial charge < -0.3 is 10.1 Å². The third-order valence-corrected chi connectivity index (χ3v) is 4.95. The van der Waals surface area contributed by atoms with E-state index in [1.165, 1.54) is 0 Å². The van der Waals surface area contributed by atoms with Crippen molar-refractivity contribution in [2.45, 2.75) is 33.3 Å². The Labute approximate surface area is 161 Å². The van der Waals surface area contributed by atoms with Crippen LogP contribution in [-0.2, 0) is 20.9 Å². The number of benzene rings is 1. The summed E-state index contributed by atoms with van der Waals surface area (Å²) in [6.45, 7) is 4.23. The van der Waals surface area contributed by atoms with Crippen molar-refractivity contribution in [1.82, 2.24) is 15.2 Å². The highest BCUT2D eigenvalue weighted by molar-refractivity contribution is 6.30. The lowest BCUT2D eigenvalue weighted by atomic mass is 10.0. The number of hydrogen-bond donors (Lipinski definition) is 1. The molecule has 1 aromatic carbocycles. The first-order valence-electron chi connectivity index (χ1n) is 8.66. The minimum absolute atomic E-state index is 0.00966. The second-order valence-electron chi connectivity index (χ2n) is 6.49. The summed E-state index contributed by atoms with van der Waals surface area (Å²) in [6.07, 6.45) is 0.453. The van der Waals surface area contributed by atoms with Gasteiger partial charge in [0, 0.05) is 23.9 Å². The summed E-state index contributed by atoms with van der Waals surface area (Å²) in [5, 5.41) is 3.68. The van der Waals surface area contributed by atoms with Gasteiger partial charge in [0.2, 0.25) is 5.91 Å². The monoisotopic (exact) mass is 389 g/mol. The maximum atomic E-state index is 11.9. The molecule has 0 atom stereocenters. The van der Waals surface area contributed by atoms with Gasteiger partial charge in [-0.15, -0.1) is 0 Å². The molecule has 1 saturated heterocycles. The van der Waals surface area contributed by atoms with E-state index < -0.39 is 12.0 Å². The summed E-state index contributed by atoms with van der Waals surface area (Å²) in [5.74, 6) is -0.703. The molecule has 0 unspecified atom stereocenters. The van der Waals surface area contributed by atoms with Crippen LogP contribution in [0.25, 0.3) is 10.9 Å². The van der Waals surface area contributed by atoms with E-state index in [1.54, 1.807) is 0 Å². The molecule has 27 heavy (non-hydrogen) atoms. The average molecular weight is 390 g/mol. The van der Waals surface area contributed by atoms with E-state index in [2.05, 4.69) is 10.3 Å². The Morgan fingerprint density at radius 3 is 2.81 bits per heavy atom. The predicted octanol–water partition coefficient (Wildman–Crippen LogP) is 2.88. The quantitative estimate of drug-likeness (QED) is 0.466. The predicted molar refractivity (Wildman–Crippen MR) is 100 cm³/mol. The topological polar surface area (TPSA) is 88.6 Å². The normalized spacial score (nSPS) is 14.0. The zero-order valence-electron chi connectivity index (χ0n) is 15.2. The average Bonchev–Trinajstić information content (AvgIpc) is 2.96. The third-order valence-electron chi connectivity index (χ3n) is 4.63. The summed E-state index contributed by atoms with van der Waals surface area (Å²) in [4.78, 5) is 40.3.